The van der Waals surface area contributed by atoms with E-state index >= 15 is 0 Å². The number of fused-ring (bicyclic) bond motifs is 3. The Kier molecular flexibility index (Phi) is 3.22. The maximum atomic E-state index is 12.7. The van der Waals surface area contributed by atoms with Crippen molar-refractivity contribution >= 4 is 21.6 Å². The first-order valence-electron chi connectivity index (χ1n) is 7.59. The number of aromatic nitrogens is 2. The van der Waals surface area contributed by atoms with E-state index in [0.29, 0.717) is 12.2 Å². The molecule has 0 saturated heterocycles. The molecule has 2 aromatic heterocycles. The summed E-state index contributed by atoms with van der Waals surface area (Å²) in [7, 11) is 0. The second-order valence-electron chi connectivity index (χ2n) is 5.76. The van der Waals surface area contributed by atoms with Gasteiger partial charge in [0, 0.05) is 11.3 Å². The van der Waals surface area contributed by atoms with Crippen molar-refractivity contribution in [2.75, 3.05) is 5.84 Å². The molecule has 0 aliphatic heterocycles. The number of hydrogen-bond donors (Lipinski definition) is 1. The van der Waals surface area contributed by atoms with Crippen molar-refractivity contribution in [3.8, 4) is 0 Å². The van der Waals surface area contributed by atoms with Gasteiger partial charge in [0.1, 0.15) is 10.7 Å². The highest BCUT2D eigenvalue weighted by Crippen LogP contribution is 2.33. The van der Waals surface area contributed by atoms with Gasteiger partial charge < -0.3 is 5.84 Å². The second-order valence-corrected chi connectivity index (χ2v) is 6.84. The minimum atomic E-state index is -0.102. The zero-order valence-corrected chi connectivity index (χ0v) is 13.0. The molecule has 1 aromatic carbocycles. The standard InChI is InChI=1S/C17H17N3OS/c18-20-14(10-11-6-2-1-3-7-11)19-16-15(17(20)21)12-8-4-5-9-13(12)22-16/h1-3,6-7H,4-5,8-10,18H2. The van der Waals surface area contributed by atoms with Crippen LogP contribution in [0.15, 0.2) is 35.1 Å². The highest BCUT2D eigenvalue weighted by atomic mass is 32.1. The fraction of sp³-hybridized carbons (Fsp3) is 0.294. The summed E-state index contributed by atoms with van der Waals surface area (Å²) in [6.07, 6.45) is 4.96. The topological polar surface area (TPSA) is 60.9 Å². The van der Waals surface area contributed by atoms with E-state index in [4.69, 9.17) is 10.8 Å². The summed E-state index contributed by atoms with van der Waals surface area (Å²) in [6.45, 7) is 0. The summed E-state index contributed by atoms with van der Waals surface area (Å²) in [5.74, 6) is 6.66. The normalized spacial score (nSPS) is 14.2. The van der Waals surface area contributed by atoms with E-state index in [1.165, 1.54) is 21.5 Å². The van der Waals surface area contributed by atoms with Gasteiger partial charge in [-0.15, -0.1) is 11.3 Å². The monoisotopic (exact) mass is 311 g/mol. The molecule has 2 heterocycles. The molecule has 0 fully saturated rings. The van der Waals surface area contributed by atoms with Crippen LogP contribution in [0.1, 0.15) is 34.7 Å². The molecule has 0 radical (unpaired) electrons. The number of aryl methyl sites for hydroxylation is 2. The van der Waals surface area contributed by atoms with Crippen molar-refractivity contribution in [2.45, 2.75) is 32.1 Å². The lowest BCUT2D eigenvalue weighted by molar-refractivity contribution is 0.699. The van der Waals surface area contributed by atoms with E-state index in [9.17, 15) is 4.79 Å². The lowest BCUT2D eigenvalue weighted by Crippen LogP contribution is -2.32. The molecule has 0 unspecified atom stereocenters. The van der Waals surface area contributed by atoms with Gasteiger partial charge in [-0.05, 0) is 36.8 Å². The fourth-order valence-electron chi connectivity index (χ4n) is 3.16. The Morgan fingerprint density at radius 2 is 1.95 bits per heavy atom. The summed E-state index contributed by atoms with van der Waals surface area (Å²) in [4.78, 5) is 19.5. The molecule has 2 N–H and O–H groups in total. The van der Waals surface area contributed by atoms with Crippen molar-refractivity contribution in [1.29, 1.82) is 0 Å². The average Bonchev–Trinajstić information content (AvgIpc) is 2.91. The SMILES string of the molecule is Nn1c(Cc2ccccc2)nc2sc3c(c2c1=O)CCCC3. The van der Waals surface area contributed by atoms with E-state index < -0.39 is 0 Å². The molecule has 22 heavy (non-hydrogen) atoms. The van der Waals surface area contributed by atoms with Gasteiger partial charge in [0.05, 0.1) is 5.39 Å². The number of thiophene rings is 1. The molecule has 5 heteroatoms. The van der Waals surface area contributed by atoms with Crippen molar-refractivity contribution in [3.05, 3.63) is 62.5 Å². The summed E-state index contributed by atoms with van der Waals surface area (Å²) < 4.78 is 1.23. The first kappa shape index (κ1) is 13.5. The van der Waals surface area contributed by atoms with E-state index in [1.54, 1.807) is 11.3 Å². The fourth-order valence-corrected chi connectivity index (χ4v) is 4.43. The van der Waals surface area contributed by atoms with Gasteiger partial charge in [-0.25, -0.2) is 9.66 Å². The molecule has 0 spiro atoms. The second kappa shape index (κ2) is 5.25. The van der Waals surface area contributed by atoms with Crippen molar-refractivity contribution in [1.82, 2.24) is 9.66 Å². The Morgan fingerprint density at radius 1 is 1.18 bits per heavy atom. The van der Waals surface area contributed by atoms with Gasteiger partial charge in [-0.2, -0.15) is 0 Å². The highest BCUT2D eigenvalue weighted by Gasteiger charge is 2.21. The minimum absolute atomic E-state index is 0.102. The Morgan fingerprint density at radius 3 is 2.77 bits per heavy atom. The van der Waals surface area contributed by atoms with Crippen LogP contribution >= 0.6 is 11.3 Å². The lowest BCUT2D eigenvalue weighted by atomic mass is 9.97. The van der Waals surface area contributed by atoms with Gasteiger partial charge in [0.2, 0.25) is 0 Å². The van der Waals surface area contributed by atoms with Crippen LogP contribution in [-0.4, -0.2) is 9.66 Å². The lowest BCUT2D eigenvalue weighted by Gasteiger charge is -2.11. The molecular formula is C17H17N3OS. The number of benzene rings is 1. The molecule has 1 aliphatic rings. The van der Waals surface area contributed by atoms with Crippen molar-refractivity contribution in [3.63, 3.8) is 0 Å². The third-order valence-corrected chi connectivity index (χ3v) is 5.48. The number of nitrogens with zero attached hydrogens (tertiary/aromatic N) is 2. The van der Waals surface area contributed by atoms with Crippen molar-refractivity contribution in [2.24, 2.45) is 0 Å². The van der Waals surface area contributed by atoms with Crippen LogP contribution < -0.4 is 11.4 Å². The van der Waals surface area contributed by atoms with E-state index in [-0.39, 0.29) is 5.56 Å². The van der Waals surface area contributed by atoms with E-state index in [0.717, 1.165) is 35.0 Å². The van der Waals surface area contributed by atoms with Gasteiger partial charge in [-0.3, -0.25) is 4.79 Å². The summed E-state index contributed by atoms with van der Waals surface area (Å²) in [5.41, 5.74) is 2.19. The zero-order valence-electron chi connectivity index (χ0n) is 12.2. The Balaban J connectivity index is 1.87. The Labute approximate surface area is 132 Å². The largest absolute Gasteiger partial charge is 0.335 e. The third-order valence-electron chi connectivity index (χ3n) is 4.30. The average molecular weight is 311 g/mol. The molecule has 112 valence electrons. The van der Waals surface area contributed by atoms with E-state index in [1.807, 2.05) is 30.3 Å². The molecule has 4 nitrogen and oxygen atoms in total. The summed E-state index contributed by atoms with van der Waals surface area (Å²) >= 11 is 1.67. The van der Waals surface area contributed by atoms with Crippen molar-refractivity contribution < 1.29 is 0 Å². The maximum absolute atomic E-state index is 12.7. The summed E-state index contributed by atoms with van der Waals surface area (Å²) in [6, 6.07) is 9.99. The number of hydrogen-bond acceptors (Lipinski definition) is 4. The van der Waals surface area contributed by atoms with E-state index in [2.05, 4.69) is 0 Å². The van der Waals surface area contributed by atoms with Crippen LogP contribution in [0.2, 0.25) is 0 Å². The first-order chi connectivity index (χ1) is 10.7. The molecule has 3 aromatic rings. The van der Waals surface area contributed by atoms with Crippen LogP contribution in [0.25, 0.3) is 10.2 Å². The van der Waals surface area contributed by atoms with Crippen LogP contribution in [0, 0.1) is 0 Å². The quantitative estimate of drug-likeness (QED) is 0.740. The smallest absolute Gasteiger partial charge is 0.280 e. The Hall–Kier alpha value is -2.14. The molecule has 0 bridgehead atoms. The van der Waals surface area contributed by atoms with Crippen LogP contribution in [0.4, 0.5) is 0 Å². The molecule has 4 rings (SSSR count). The van der Waals surface area contributed by atoms with Gasteiger partial charge in [0.25, 0.3) is 5.56 Å². The molecule has 1 aliphatic carbocycles. The molecular weight excluding hydrogens is 294 g/mol. The summed E-state index contributed by atoms with van der Waals surface area (Å²) in [5, 5.41) is 0.749. The maximum Gasteiger partial charge on any atom is 0.280 e. The first-order valence-corrected chi connectivity index (χ1v) is 8.41. The Bertz CT molecular complexity index is 896. The third kappa shape index (κ3) is 2.13. The molecule has 0 atom stereocenters. The number of nitrogen functional groups attached to an aromatic ring is 1. The van der Waals surface area contributed by atoms with Crippen LogP contribution in [0.3, 0.4) is 0 Å². The number of nitrogens with two attached hydrogens (primary N) is 1. The van der Waals surface area contributed by atoms with Gasteiger partial charge >= 0.3 is 0 Å². The molecule has 0 amide bonds. The predicted molar refractivity (Wildman–Crippen MR) is 89.9 cm³/mol. The minimum Gasteiger partial charge on any atom is -0.335 e. The highest BCUT2D eigenvalue weighted by molar-refractivity contribution is 7.18. The van der Waals surface area contributed by atoms with Gasteiger partial charge in [-0.1, -0.05) is 30.3 Å². The van der Waals surface area contributed by atoms with Gasteiger partial charge in [0.15, 0.2) is 0 Å². The predicted octanol–water partition coefficient (Wildman–Crippen LogP) is 2.64. The zero-order chi connectivity index (χ0) is 15.1. The molecule has 0 saturated carbocycles. The van der Waals surface area contributed by atoms with Crippen LogP contribution in [0.5, 0.6) is 0 Å². The van der Waals surface area contributed by atoms with Crippen LogP contribution in [-0.2, 0) is 19.3 Å². The number of rotatable bonds is 2.